The molecule has 0 unspecified atom stereocenters. The monoisotopic (exact) mass is 341 g/mol. The number of carbonyl (C=O) groups is 1. The van der Waals surface area contributed by atoms with Crippen LogP contribution >= 0.6 is 0 Å². The molecule has 0 spiro atoms. The fraction of sp³-hybridized carbons (Fsp3) is 0.300. The van der Waals surface area contributed by atoms with Crippen LogP contribution in [0.2, 0.25) is 0 Å². The Morgan fingerprint density at radius 2 is 1.95 bits per heavy atom. The molecule has 8 nitrogen and oxygen atoms in total. The van der Waals surface area contributed by atoms with Crippen molar-refractivity contribution in [2.24, 2.45) is 5.14 Å². The van der Waals surface area contributed by atoms with Crippen LogP contribution < -0.4 is 10.0 Å². The van der Waals surface area contributed by atoms with Crippen LogP contribution in [0.3, 0.4) is 0 Å². The van der Waals surface area contributed by atoms with E-state index in [1.807, 2.05) is 0 Å². The molecule has 0 atom stereocenters. The van der Waals surface area contributed by atoms with Crippen molar-refractivity contribution >= 4 is 27.3 Å². The van der Waals surface area contributed by atoms with Gasteiger partial charge in [-0.3, -0.25) is 14.9 Å². The Hall–Kier alpha value is -2.21. The molecule has 0 saturated heterocycles. The van der Waals surface area contributed by atoms with E-state index in [1.54, 1.807) is 0 Å². The number of non-ortho nitro benzene ring substituents is 1. The van der Waals surface area contributed by atoms with Gasteiger partial charge in [-0.05, 0) is 6.07 Å². The first-order chi connectivity index (χ1) is 9.92. The van der Waals surface area contributed by atoms with Gasteiger partial charge in [0.05, 0.1) is 16.4 Å². The van der Waals surface area contributed by atoms with E-state index in [-0.39, 0.29) is 4.90 Å². The van der Waals surface area contributed by atoms with Crippen molar-refractivity contribution in [2.75, 3.05) is 17.2 Å². The standard InChI is InChI=1S/C10H10F3N3O5S/c11-10(12,13)9(17)15(4-5-22(14,20)21)7-2-1-3-8(6-7)16(18)19/h1-3,6H,4-5H2,(H2,14,20,21). The number of primary sulfonamides is 1. The van der Waals surface area contributed by atoms with Gasteiger partial charge in [0.15, 0.2) is 0 Å². The van der Waals surface area contributed by atoms with Gasteiger partial charge >= 0.3 is 12.1 Å². The number of anilines is 1. The average Bonchev–Trinajstić information content (AvgIpc) is 2.36. The Bertz CT molecular complexity index is 689. The van der Waals surface area contributed by atoms with E-state index in [0.717, 1.165) is 24.3 Å². The largest absolute Gasteiger partial charge is 0.471 e. The van der Waals surface area contributed by atoms with E-state index in [9.17, 15) is 36.5 Å². The van der Waals surface area contributed by atoms with Crippen molar-refractivity contribution in [3.63, 3.8) is 0 Å². The number of carbonyl (C=O) groups excluding carboxylic acids is 1. The highest BCUT2D eigenvalue weighted by molar-refractivity contribution is 7.89. The summed E-state index contributed by atoms with van der Waals surface area (Å²) in [5, 5.41) is 15.3. The number of amides is 1. The molecule has 1 aromatic rings. The number of rotatable bonds is 5. The van der Waals surface area contributed by atoms with Crippen LogP contribution in [0, 0.1) is 10.1 Å². The third kappa shape index (κ3) is 4.96. The molecule has 2 N–H and O–H groups in total. The number of nitro benzene ring substituents is 1. The minimum absolute atomic E-state index is 0.0808. The highest BCUT2D eigenvalue weighted by atomic mass is 32.2. The van der Waals surface area contributed by atoms with Gasteiger partial charge in [0, 0.05) is 18.7 Å². The summed E-state index contributed by atoms with van der Waals surface area (Å²) >= 11 is 0. The minimum Gasteiger partial charge on any atom is -0.303 e. The van der Waals surface area contributed by atoms with Gasteiger partial charge in [0.2, 0.25) is 10.0 Å². The second-order valence-electron chi connectivity index (χ2n) is 4.10. The van der Waals surface area contributed by atoms with Crippen LogP contribution in [0.4, 0.5) is 24.5 Å². The highest BCUT2D eigenvalue weighted by Gasteiger charge is 2.43. The van der Waals surface area contributed by atoms with Crippen LogP contribution in [-0.2, 0) is 14.8 Å². The van der Waals surface area contributed by atoms with Gasteiger partial charge in [-0.1, -0.05) is 6.07 Å². The normalized spacial score (nSPS) is 12.0. The van der Waals surface area contributed by atoms with Crippen molar-refractivity contribution in [3.05, 3.63) is 34.4 Å². The zero-order valence-corrected chi connectivity index (χ0v) is 11.6. The molecular formula is C10H10F3N3O5S. The van der Waals surface area contributed by atoms with Crippen LogP contribution in [0.15, 0.2) is 24.3 Å². The van der Waals surface area contributed by atoms with Gasteiger partial charge in [-0.2, -0.15) is 13.2 Å². The lowest BCUT2D eigenvalue weighted by atomic mass is 10.2. The van der Waals surface area contributed by atoms with Crippen molar-refractivity contribution in [3.8, 4) is 0 Å². The van der Waals surface area contributed by atoms with Crippen LogP contribution in [0.25, 0.3) is 0 Å². The second kappa shape index (κ2) is 6.27. The summed E-state index contributed by atoms with van der Waals surface area (Å²) in [6, 6.07) is 3.83. The van der Waals surface area contributed by atoms with E-state index in [2.05, 4.69) is 0 Å². The summed E-state index contributed by atoms with van der Waals surface area (Å²) in [7, 11) is -4.13. The first-order valence-electron chi connectivity index (χ1n) is 5.55. The lowest BCUT2D eigenvalue weighted by Crippen LogP contribution is -2.44. The first kappa shape index (κ1) is 17.8. The Labute approximate surface area is 122 Å². The van der Waals surface area contributed by atoms with E-state index in [1.165, 1.54) is 0 Å². The van der Waals surface area contributed by atoms with Gasteiger partial charge in [-0.25, -0.2) is 13.6 Å². The average molecular weight is 341 g/mol. The Morgan fingerprint density at radius 1 is 1.36 bits per heavy atom. The quantitative estimate of drug-likeness (QED) is 0.626. The molecule has 0 aliphatic carbocycles. The number of nitrogens with two attached hydrogens (primary N) is 1. The van der Waals surface area contributed by atoms with E-state index >= 15 is 0 Å². The van der Waals surface area contributed by atoms with Crippen LogP contribution in [0.1, 0.15) is 0 Å². The van der Waals surface area contributed by atoms with Gasteiger partial charge in [0.1, 0.15) is 0 Å². The minimum atomic E-state index is -5.27. The summed E-state index contributed by atoms with van der Waals surface area (Å²) in [6.45, 7) is -0.891. The second-order valence-corrected chi connectivity index (χ2v) is 5.83. The van der Waals surface area contributed by atoms with E-state index in [0.29, 0.717) is 0 Å². The maximum absolute atomic E-state index is 12.6. The summed E-state index contributed by atoms with van der Waals surface area (Å²) in [5.41, 5.74) is -1.01. The number of hydrogen-bond acceptors (Lipinski definition) is 5. The topological polar surface area (TPSA) is 124 Å². The molecule has 0 aliphatic heterocycles. The number of nitrogens with zero attached hydrogens (tertiary/aromatic N) is 2. The molecule has 0 heterocycles. The maximum atomic E-state index is 12.6. The zero-order chi connectivity index (χ0) is 17.1. The predicted molar refractivity (Wildman–Crippen MR) is 69.5 cm³/mol. The van der Waals surface area contributed by atoms with E-state index < -0.39 is 50.7 Å². The summed E-state index contributed by atoms with van der Waals surface area (Å²) in [6.07, 6.45) is -5.27. The van der Waals surface area contributed by atoms with E-state index in [4.69, 9.17) is 5.14 Å². The molecule has 1 rings (SSSR count). The molecule has 12 heteroatoms. The van der Waals surface area contributed by atoms with Crippen molar-refractivity contribution in [2.45, 2.75) is 6.18 Å². The molecule has 0 aromatic heterocycles. The van der Waals surface area contributed by atoms with Gasteiger partial charge in [-0.15, -0.1) is 0 Å². The maximum Gasteiger partial charge on any atom is 0.471 e. The third-order valence-corrected chi connectivity index (χ3v) is 3.19. The fourth-order valence-corrected chi connectivity index (χ4v) is 1.93. The number of hydrogen-bond donors (Lipinski definition) is 1. The first-order valence-corrected chi connectivity index (χ1v) is 7.27. The lowest BCUT2D eigenvalue weighted by molar-refractivity contribution is -0.384. The van der Waals surface area contributed by atoms with Crippen molar-refractivity contribution in [1.82, 2.24) is 0 Å². The molecule has 1 amide bonds. The molecule has 0 saturated carbocycles. The smallest absolute Gasteiger partial charge is 0.303 e. The zero-order valence-electron chi connectivity index (χ0n) is 10.8. The van der Waals surface area contributed by atoms with Crippen molar-refractivity contribution < 1.29 is 31.3 Å². The van der Waals surface area contributed by atoms with Gasteiger partial charge in [0.25, 0.3) is 5.69 Å². The molecule has 0 fully saturated rings. The number of halogens is 3. The molecule has 0 aliphatic rings. The fourth-order valence-electron chi connectivity index (χ4n) is 1.49. The van der Waals surface area contributed by atoms with Crippen LogP contribution in [-0.4, -0.2) is 37.7 Å². The predicted octanol–water partition coefficient (Wildman–Crippen LogP) is 0.779. The summed E-state index contributed by atoms with van der Waals surface area (Å²) in [5.74, 6) is -3.28. The lowest BCUT2D eigenvalue weighted by Gasteiger charge is -2.23. The molecule has 122 valence electrons. The SMILES string of the molecule is NS(=O)(=O)CCN(C(=O)C(F)(F)F)c1cccc([N+](=O)[O-])c1. The molecule has 0 radical (unpaired) electrons. The number of sulfonamides is 1. The Balaban J connectivity index is 3.22. The summed E-state index contributed by atoms with van der Waals surface area (Å²) in [4.78, 5) is 21.2. The third-order valence-electron chi connectivity index (χ3n) is 2.44. The highest BCUT2D eigenvalue weighted by Crippen LogP contribution is 2.26. The molecule has 22 heavy (non-hydrogen) atoms. The molecule has 0 bridgehead atoms. The molecule has 1 aromatic carbocycles. The van der Waals surface area contributed by atoms with Crippen LogP contribution in [0.5, 0.6) is 0 Å². The Morgan fingerprint density at radius 3 is 2.41 bits per heavy atom. The Kier molecular flexibility index (Phi) is 5.09. The molecular weight excluding hydrogens is 331 g/mol. The number of nitro groups is 1. The summed E-state index contributed by atoms with van der Waals surface area (Å²) < 4.78 is 59.4. The number of alkyl halides is 3. The van der Waals surface area contributed by atoms with Crippen molar-refractivity contribution in [1.29, 1.82) is 0 Å². The number of benzene rings is 1. The van der Waals surface area contributed by atoms with Gasteiger partial charge < -0.3 is 4.90 Å².